The van der Waals surface area contributed by atoms with Crippen molar-refractivity contribution in [3.63, 3.8) is 0 Å². The molecule has 0 radical (unpaired) electrons. The van der Waals surface area contributed by atoms with Gasteiger partial charge in [0.2, 0.25) is 5.91 Å². The molecule has 3 nitrogen and oxygen atoms in total. The monoisotopic (exact) mass is 251 g/mol. The van der Waals surface area contributed by atoms with Crippen LogP contribution in [-0.2, 0) is 4.79 Å². The fourth-order valence-electron chi connectivity index (χ4n) is 1.18. The largest absolute Gasteiger partial charge is 0.495 e. The van der Waals surface area contributed by atoms with E-state index in [9.17, 15) is 4.79 Å². The fraction of sp³-hybridized carbons (Fsp3) is 0.154. The van der Waals surface area contributed by atoms with Gasteiger partial charge in [-0.15, -0.1) is 0 Å². The van der Waals surface area contributed by atoms with E-state index in [2.05, 4.69) is 5.32 Å². The summed E-state index contributed by atoms with van der Waals surface area (Å²) in [5, 5.41) is 3.15. The molecule has 0 unspecified atom stereocenters. The minimum atomic E-state index is -0.204. The molecule has 0 spiro atoms. The van der Waals surface area contributed by atoms with E-state index in [1.54, 1.807) is 37.5 Å². The van der Waals surface area contributed by atoms with Gasteiger partial charge >= 0.3 is 0 Å². The molecule has 0 aromatic heterocycles. The molecule has 1 amide bonds. The third kappa shape index (κ3) is 4.33. The van der Waals surface area contributed by atoms with Crippen molar-refractivity contribution in [2.45, 2.75) is 6.92 Å². The van der Waals surface area contributed by atoms with Crippen LogP contribution in [0, 0.1) is 0 Å². The number of halogens is 1. The second kappa shape index (κ2) is 6.76. The summed E-state index contributed by atoms with van der Waals surface area (Å²) in [6.45, 7) is 1.88. The van der Waals surface area contributed by atoms with E-state index < -0.39 is 0 Å². The molecule has 0 saturated heterocycles. The van der Waals surface area contributed by atoms with Crippen LogP contribution in [0.2, 0.25) is 5.02 Å². The van der Waals surface area contributed by atoms with Crippen LogP contribution >= 0.6 is 11.6 Å². The summed E-state index contributed by atoms with van der Waals surface area (Å²) in [4.78, 5) is 11.4. The number of allylic oxidation sites excluding steroid dienone is 3. The van der Waals surface area contributed by atoms with E-state index in [1.165, 1.54) is 6.08 Å². The Morgan fingerprint density at radius 1 is 1.41 bits per heavy atom. The van der Waals surface area contributed by atoms with Crippen LogP contribution in [0.25, 0.3) is 0 Å². The molecule has 0 aliphatic heterocycles. The molecule has 0 heterocycles. The molecular weight excluding hydrogens is 238 g/mol. The van der Waals surface area contributed by atoms with Crippen LogP contribution in [0.4, 0.5) is 5.69 Å². The topological polar surface area (TPSA) is 38.3 Å². The predicted molar refractivity (Wildman–Crippen MR) is 70.6 cm³/mol. The van der Waals surface area contributed by atoms with Gasteiger partial charge in [0.05, 0.1) is 12.1 Å². The minimum Gasteiger partial charge on any atom is -0.495 e. The van der Waals surface area contributed by atoms with Gasteiger partial charge in [0.25, 0.3) is 0 Å². The highest BCUT2D eigenvalue weighted by Crippen LogP contribution is 2.27. The third-order valence-electron chi connectivity index (χ3n) is 1.97. The average Bonchev–Trinajstić information content (AvgIpc) is 2.29. The maximum atomic E-state index is 11.4. The quantitative estimate of drug-likeness (QED) is 0.658. The van der Waals surface area contributed by atoms with Gasteiger partial charge in [0.15, 0.2) is 0 Å². The number of carbonyl (C=O) groups is 1. The number of benzene rings is 1. The van der Waals surface area contributed by atoms with Crippen LogP contribution in [0.15, 0.2) is 42.5 Å². The van der Waals surface area contributed by atoms with Crippen LogP contribution in [-0.4, -0.2) is 13.0 Å². The molecule has 1 rings (SSSR count). The highest BCUT2D eigenvalue weighted by molar-refractivity contribution is 6.32. The summed E-state index contributed by atoms with van der Waals surface area (Å²) < 4.78 is 5.02. The molecule has 4 heteroatoms. The number of hydrogen-bond acceptors (Lipinski definition) is 2. The Kier molecular flexibility index (Phi) is 5.30. The van der Waals surface area contributed by atoms with Crippen molar-refractivity contribution >= 4 is 23.2 Å². The molecule has 0 atom stereocenters. The van der Waals surface area contributed by atoms with Gasteiger partial charge in [0, 0.05) is 11.8 Å². The van der Waals surface area contributed by atoms with Gasteiger partial charge in [-0.3, -0.25) is 4.79 Å². The van der Waals surface area contributed by atoms with Crippen LogP contribution in [0.5, 0.6) is 5.75 Å². The Hall–Kier alpha value is -1.74. The van der Waals surface area contributed by atoms with Gasteiger partial charge < -0.3 is 10.1 Å². The zero-order valence-electron chi connectivity index (χ0n) is 9.74. The van der Waals surface area contributed by atoms with E-state index in [0.29, 0.717) is 16.5 Å². The molecule has 17 heavy (non-hydrogen) atoms. The van der Waals surface area contributed by atoms with E-state index in [1.807, 2.05) is 13.0 Å². The lowest BCUT2D eigenvalue weighted by atomic mass is 10.3. The second-order valence-electron chi connectivity index (χ2n) is 3.22. The van der Waals surface area contributed by atoms with Crippen molar-refractivity contribution in [2.24, 2.45) is 0 Å². The standard InChI is InChI=1S/C13H14ClNO2/c1-3-4-5-6-13(16)15-10-7-8-12(17-2)11(14)9-10/h3-9H,1-2H3,(H,15,16)/b4-3+,6-5+. The van der Waals surface area contributed by atoms with E-state index in [4.69, 9.17) is 16.3 Å². The fourth-order valence-corrected chi connectivity index (χ4v) is 1.44. The Morgan fingerprint density at radius 3 is 2.76 bits per heavy atom. The van der Waals surface area contributed by atoms with Gasteiger partial charge in [0.1, 0.15) is 5.75 Å². The molecule has 0 bridgehead atoms. The van der Waals surface area contributed by atoms with Gasteiger partial charge in [-0.2, -0.15) is 0 Å². The lowest BCUT2D eigenvalue weighted by Gasteiger charge is -2.06. The molecule has 0 aliphatic carbocycles. The average molecular weight is 252 g/mol. The molecule has 0 aliphatic rings. The van der Waals surface area contributed by atoms with Crippen molar-refractivity contribution in [3.05, 3.63) is 47.5 Å². The molecule has 0 fully saturated rings. The summed E-state index contributed by atoms with van der Waals surface area (Å²) in [6.07, 6.45) is 6.73. The van der Waals surface area contributed by atoms with Crippen LogP contribution < -0.4 is 10.1 Å². The predicted octanol–water partition coefficient (Wildman–Crippen LogP) is 3.42. The Morgan fingerprint density at radius 2 is 2.18 bits per heavy atom. The SMILES string of the molecule is C/C=C/C=C/C(=O)Nc1ccc(OC)c(Cl)c1. The zero-order chi connectivity index (χ0) is 12.7. The maximum absolute atomic E-state index is 11.4. The maximum Gasteiger partial charge on any atom is 0.248 e. The number of anilines is 1. The number of carbonyl (C=O) groups excluding carboxylic acids is 1. The number of ether oxygens (including phenoxy) is 1. The first-order valence-corrected chi connectivity index (χ1v) is 5.49. The van der Waals surface area contributed by atoms with Gasteiger partial charge in [-0.05, 0) is 25.1 Å². The van der Waals surface area contributed by atoms with E-state index in [0.717, 1.165) is 0 Å². The first-order valence-electron chi connectivity index (χ1n) is 5.11. The number of methoxy groups -OCH3 is 1. The molecule has 0 saturated carbocycles. The first kappa shape index (κ1) is 13.3. The Labute approximate surface area is 106 Å². The third-order valence-corrected chi connectivity index (χ3v) is 2.27. The molecule has 1 aromatic rings. The number of amides is 1. The van der Waals surface area contributed by atoms with Gasteiger partial charge in [-0.1, -0.05) is 29.8 Å². The Balaban J connectivity index is 2.69. The molecule has 90 valence electrons. The van der Waals surface area contributed by atoms with Crippen molar-refractivity contribution in [1.29, 1.82) is 0 Å². The van der Waals surface area contributed by atoms with E-state index in [-0.39, 0.29) is 5.91 Å². The van der Waals surface area contributed by atoms with Crippen molar-refractivity contribution in [3.8, 4) is 5.75 Å². The zero-order valence-corrected chi connectivity index (χ0v) is 10.5. The van der Waals surface area contributed by atoms with Gasteiger partial charge in [-0.25, -0.2) is 0 Å². The van der Waals surface area contributed by atoms with E-state index >= 15 is 0 Å². The summed E-state index contributed by atoms with van der Waals surface area (Å²) in [6, 6.07) is 5.07. The Bertz CT molecular complexity index is 453. The molecule has 1 N–H and O–H groups in total. The summed E-state index contributed by atoms with van der Waals surface area (Å²) in [5.74, 6) is 0.374. The summed E-state index contributed by atoms with van der Waals surface area (Å²) in [5.41, 5.74) is 0.630. The second-order valence-corrected chi connectivity index (χ2v) is 3.63. The van der Waals surface area contributed by atoms with Crippen molar-refractivity contribution in [1.82, 2.24) is 0 Å². The summed E-state index contributed by atoms with van der Waals surface area (Å²) in [7, 11) is 1.54. The number of nitrogens with one attached hydrogen (secondary N) is 1. The van der Waals surface area contributed by atoms with Crippen molar-refractivity contribution < 1.29 is 9.53 Å². The smallest absolute Gasteiger partial charge is 0.248 e. The highest BCUT2D eigenvalue weighted by atomic mass is 35.5. The van der Waals surface area contributed by atoms with Crippen molar-refractivity contribution in [2.75, 3.05) is 12.4 Å². The molecular formula is C13H14ClNO2. The normalized spacial score (nSPS) is 11.0. The minimum absolute atomic E-state index is 0.204. The number of hydrogen-bond donors (Lipinski definition) is 1. The molecule has 1 aromatic carbocycles. The summed E-state index contributed by atoms with van der Waals surface area (Å²) >= 11 is 5.93. The lowest BCUT2D eigenvalue weighted by Crippen LogP contribution is -2.07. The number of rotatable bonds is 4. The first-order chi connectivity index (χ1) is 8.17. The highest BCUT2D eigenvalue weighted by Gasteiger charge is 2.03. The lowest BCUT2D eigenvalue weighted by molar-refractivity contribution is -0.111. The van der Waals surface area contributed by atoms with Crippen LogP contribution in [0.1, 0.15) is 6.92 Å². The van der Waals surface area contributed by atoms with Crippen LogP contribution in [0.3, 0.4) is 0 Å².